The van der Waals surface area contributed by atoms with Crippen molar-refractivity contribution in [3.8, 4) is 28.6 Å². The molecule has 3 aromatic rings. The molecule has 1 aromatic heterocycles. The number of benzene rings is 2. The van der Waals surface area contributed by atoms with Crippen LogP contribution in [-0.4, -0.2) is 40.4 Å². The molecule has 1 unspecified atom stereocenters. The van der Waals surface area contributed by atoms with Crippen LogP contribution in [0.25, 0.3) is 11.1 Å². The van der Waals surface area contributed by atoms with Gasteiger partial charge in [-0.05, 0) is 30.7 Å². The molecule has 4 rings (SSSR count). The van der Waals surface area contributed by atoms with Crippen LogP contribution in [0.5, 0.6) is 17.5 Å². The number of ether oxygens (including phenoxy) is 1. The molecule has 0 aliphatic carbocycles. The third kappa shape index (κ3) is 3.04. The van der Waals surface area contributed by atoms with E-state index >= 15 is 0 Å². The second-order valence-electron chi connectivity index (χ2n) is 6.99. The van der Waals surface area contributed by atoms with Crippen LogP contribution in [0.15, 0.2) is 54.6 Å². The van der Waals surface area contributed by atoms with Crippen molar-refractivity contribution in [3.05, 3.63) is 65.7 Å². The number of aromatic nitrogens is 1. The van der Waals surface area contributed by atoms with Crippen molar-refractivity contribution in [2.24, 2.45) is 0 Å². The molecule has 0 spiro atoms. The zero-order valence-corrected chi connectivity index (χ0v) is 15.6. The molecule has 1 atom stereocenters. The predicted molar refractivity (Wildman–Crippen MR) is 105 cm³/mol. The lowest BCUT2D eigenvalue weighted by Gasteiger charge is -2.35. The first-order valence-electron chi connectivity index (χ1n) is 9.13. The summed E-state index contributed by atoms with van der Waals surface area (Å²) >= 11 is 0. The molecule has 2 aromatic carbocycles. The standard InChI is InChI=1S/C22H24N2O3/c1-23-12-11-17-16(9-6-10-20(17)27-2)19(23)14-24-21(25)13-18(22(24)26)15-7-4-3-5-8-15/h3-10,13,19,25-26H,11-12,14H2,1-2H3. The number of hydrogen-bond acceptors (Lipinski definition) is 4. The van der Waals surface area contributed by atoms with Crippen LogP contribution >= 0.6 is 0 Å². The average Bonchev–Trinajstić information content (AvgIpc) is 2.98. The summed E-state index contributed by atoms with van der Waals surface area (Å²) in [5.74, 6) is 1.05. The SMILES string of the molecule is COc1cccc2c1CCN(C)C2Cn1c(O)cc(-c2ccccc2)c1O. The summed E-state index contributed by atoms with van der Waals surface area (Å²) in [4.78, 5) is 2.25. The molecule has 27 heavy (non-hydrogen) atoms. The molecule has 140 valence electrons. The zero-order chi connectivity index (χ0) is 19.0. The van der Waals surface area contributed by atoms with Gasteiger partial charge in [-0.1, -0.05) is 42.5 Å². The fourth-order valence-corrected chi connectivity index (χ4v) is 3.98. The van der Waals surface area contributed by atoms with Crippen LogP contribution in [-0.2, 0) is 13.0 Å². The van der Waals surface area contributed by atoms with Crippen LogP contribution < -0.4 is 4.74 Å². The Kier molecular flexibility index (Phi) is 4.54. The minimum absolute atomic E-state index is 0.0386. The summed E-state index contributed by atoms with van der Waals surface area (Å²) in [7, 11) is 3.77. The maximum Gasteiger partial charge on any atom is 0.202 e. The quantitative estimate of drug-likeness (QED) is 0.739. The first kappa shape index (κ1) is 17.5. The Morgan fingerprint density at radius 2 is 1.85 bits per heavy atom. The lowest BCUT2D eigenvalue weighted by molar-refractivity contribution is 0.196. The van der Waals surface area contributed by atoms with Gasteiger partial charge in [0.05, 0.1) is 13.2 Å². The Labute approximate surface area is 159 Å². The fraction of sp³-hybridized carbons (Fsp3) is 0.273. The number of rotatable bonds is 4. The summed E-state index contributed by atoms with van der Waals surface area (Å²) in [6, 6.07) is 17.4. The second-order valence-corrected chi connectivity index (χ2v) is 6.99. The highest BCUT2D eigenvalue weighted by Gasteiger charge is 2.29. The van der Waals surface area contributed by atoms with Gasteiger partial charge >= 0.3 is 0 Å². The monoisotopic (exact) mass is 364 g/mol. The summed E-state index contributed by atoms with van der Waals surface area (Å²) in [6.07, 6.45) is 0.922. The molecule has 0 fully saturated rings. The molecule has 2 heterocycles. The van der Waals surface area contributed by atoms with Crippen molar-refractivity contribution in [3.63, 3.8) is 0 Å². The molecule has 0 saturated carbocycles. The highest BCUT2D eigenvalue weighted by Crippen LogP contribution is 2.40. The maximum atomic E-state index is 10.8. The van der Waals surface area contributed by atoms with Gasteiger partial charge in [0.25, 0.3) is 0 Å². The van der Waals surface area contributed by atoms with Crippen molar-refractivity contribution < 1.29 is 14.9 Å². The van der Waals surface area contributed by atoms with E-state index in [4.69, 9.17) is 4.74 Å². The number of hydrogen-bond donors (Lipinski definition) is 2. The normalized spacial score (nSPS) is 16.9. The predicted octanol–water partition coefficient (Wildman–Crippen LogP) is 3.80. The number of likely N-dealkylation sites (N-methyl/N-ethyl adjacent to an activating group) is 1. The summed E-state index contributed by atoms with van der Waals surface area (Å²) in [5.41, 5.74) is 3.90. The summed E-state index contributed by atoms with van der Waals surface area (Å²) in [5, 5.41) is 21.3. The molecule has 0 radical (unpaired) electrons. The minimum atomic E-state index is 0.0386. The highest BCUT2D eigenvalue weighted by atomic mass is 16.5. The van der Waals surface area contributed by atoms with Crippen molar-refractivity contribution in [2.45, 2.75) is 19.0 Å². The molecule has 2 N–H and O–H groups in total. The van der Waals surface area contributed by atoms with Gasteiger partial charge in [0.1, 0.15) is 5.75 Å². The molecule has 5 nitrogen and oxygen atoms in total. The molecule has 0 saturated heterocycles. The van der Waals surface area contributed by atoms with Gasteiger partial charge in [-0.15, -0.1) is 0 Å². The van der Waals surface area contributed by atoms with E-state index in [1.807, 2.05) is 42.5 Å². The molecule has 0 amide bonds. The number of nitrogens with zero attached hydrogens (tertiary/aromatic N) is 2. The number of fused-ring (bicyclic) bond motifs is 1. The van der Waals surface area contributed by atoms with Crippen molar-refractivity contribution in [1.29, 1.82) is 0 Å². The Morgan fingerprint density at radius 3 is 2.59 bits per heavy atom. The Morgan fingerprint density at radius 1 is 1.07 bits per heavy atom. The Bertz CT molecular complexity index is 950. The first-order chi connectivity index (χ1) is 13.1. The van der Waals surface area contributed by atoms with E-state index in [-0.39, 0.29) is 17.8 Å². The maximum absolute atomic E-state index is 10.8. The highest BCUT2D eigenvalue weighted by molar-refractivity contribution is 5.70. The van der Waals surface area contributed by atoms with Gasteiger partial charge in [-0.3, -0.25) is 9.47 Å². The van der Waals surface area contributed by atoms with E-state index in [1.165, 1.54) is 11.1 Å². The van der Waals surface area contributed by atoms with Crippen LogP contribution in [0.1, 0.15) is 17.2 Å². The Hall–Kier alpha value is -2.92. The van der Waals surface area contributed by atoms with E-state index in [2.05, 4.69) is 18.0 Å². The van der Waals surface area contributed by atoms with Crippen LogP contribution in [0, 0.1) is 0 Å². The lowest BCUT2D eigenvalue weighted by Crippen LogP contribution is -2.34. The van der Waals surface area contributed by atoms with E-state index in [0.29, 0.717) is 12.1 Å². The second kappa shape index (κ2) is 7.00. The van der Waals surface area contributed by atoms with E-state index in [9.17, 15) is 10.2 Å². The summed E-state index contributed by atoms with van der Waals surface area (Å²) in [6.45, 7) is 1.35. The topological polar surface area (TPSA) is 57.9 Å². The van der Waals surface area contributed by atoms with Crippen molar-refractivity contribution in [2.75, 3.05) is 20.7 Å². The van der Waals surface area contributed by atoms with Gasteiger partial charge in [0.15, 0.2) is 5.88 Å². The minimum Gasteiger partial charge on any atom is -0.496 e. The first-order valence-corrected chi connectivity index (χ1v) is 9.13. The molecular weight excluding hydrogens is 340 g/mol. The van der Waals surface area contributed by atoms with Gasteiger partial charge < -0.3 is 14.9 Å². The van der Waals surface area contributed by atoms with Crippen LogP contribution in [0.3, 0.4) is 0 Å². The average molecular weight is 364 g/mol. The third-order valence-corrected chi connectivity index (χ3v) is 5.48. The fourth-order valence-electron chi connectivity index (χ4n) is 3.98. The van der Waals surface area contributed by atoms with Crippen LogP contribution in [0.4, 0.5) is 0 Å². The number of methoxy groups -OCH3 is 1. The molecule has 1 aliphatic rings. The number of aromatic hydroxyl groups is 2. The van der Waals surface area contributed by atoms with Gasteiger partial charge in [-0.25, -0.2) is 0 Å². The molecular formula is C22H24N2O3. The smallest absolute Gasteiger partial charge is 0.202 e. The largest absolute Gasteiger partial charge is 0.496 e. The third-order valence-electron chi connectivity index (χ3n) is 5.48. The Balaban J connectivity index is 1.72. The van der Waals surface area contributed by atoms with Gasteiger partial charge in [0.2, 0.25) is 5.88 Å². The zero-order valence-electron chi connectivity index (χ0n) is 15.6. The summed E-state index contributed by atoms with van der Waals surface area (Å²) < 4.78 is 7.11. The van der Waals surface area contributed by atoms with Crippen molar-refractivity contribution in [1.82, 2.24) is 9.47 Å². The molecule has 5 heteroatoms. The van der Waals surface area contributed by atoms with E-state index in [0.717, 1.165) is 24.3 Å². The van der Waals surface area contributed by atoms with E-state index in [1.54, 1.807) is 17.7 Å². The van der Waals surface area contributed by atoms with E-state index < -0.39 is 0 Å². The van der Waals surface area contributed by atoms with Crippen LogP contribution in [0.2, 0.25) is 0 Å². The lowest BCUT2D eigenvalue weighted by atomic mass is 9.92. The molecule has 0 bridgehead atoms. The van der Waals surface area contributed by atoms with Gasteiger partial charge in [-0.2, -0.15) is 0 Å². The van der Waals surface area contributed by atoms with Crippen molar-refractivity contribution >= 4 is 0 Å². The molecule has 1 aliphatic heterocycles. The van der Waals surface area contributed by atoms with Gasteiger partial charge in [0, 0.05) is 30.3 Å².